The number of nitrogens with zero attached hydrogens (tertiary/aromatic N) is 1. The molecule has 112 valence electrons. The van der Waals surface area contributed by atoms with Crippen molar-refractivity contribution in [3.63, 3.8) is 0 Å². The van der Waals surface area contributed by atoms with E-state index in [9.17, 15) is 0 Å². The fourth-order valence-corrected chi connectivity index (χ4v) is 5.90. The second-order valence-corrected chi connectivity index (χ2v) is 13.5. The summed E-state index contributed by atoms with van der Waals surface area (Å²) in [5.74, 6) is 2.30. The van der Waals surface area contributed by atoms with E-state index in [-0.39, 0.29) is 5.54 Å². The standard InChI is InChI=1S/C19H27NSi/c1-19-12-11-17(19)15-7-5-6-8-16(15)18-10-9-14(13-20(18)19)21(2,3)4/h6,8-13,15-18H,5,7H2,1-4H3. The van der Waals surface area contributed by atoms with Crippen molar-refractivity contribution in [3.8, 4) is 0 Å². The predicted molar refractivity (Wildman–Crippen MR) is 92.6 cm³/mol. The van der Waals surface area contributed by atoms with Gasteiger partial charge in [-0.25, -0.2) is 0 Å². The van der Waals surface area contributed by atoms with Crippen molar-refractivity contribution >= 4 is 8.07 Å². The molecule has 2 heterocycles. The van der Waals surface area contributed by atoms with Crippen LogP contribution in [-0.4, -0.2) is 24.6 Å². The van der Waals surface area contributed by atoms with Crippen LogP contribution in [0.15, 0.2) is 47.9 Å². The fourth-order valence-electron chi connectivity index (χ4n) is 4.78. The van der Waals surface area contributed by atoms with Gasteiger partial charge in [0, 0.05) is 11.8 Å². The van der Waals surface area contributed by atoms with Crippen LogP contribution in [0.2, 0.25) is 19.6 Å². The quantitative estimate of drug-likeness (QED) is 0.508. The Morgan fingerprint density at radius 3 is 2.67 bits per heavy atom. The van der Waals surface area contributed by atoms with Gasteiger partial charge in [-0.15, -0.1) is 0 Å². The lowest BCUT2D eigenvalue weighted by molar-refractivity contribution is -0.0178. The highest BCUT2D eigenvalue weighted by molar-refractivity contribution is 6.83. The number of piperidine rings is 1. The first-order chi connectivity index (χ1) is 9.91. The van der Waals surface area contributed by atoms with Gasteiger partial charge < -0.3 is 4.90 Å². The zero-order valence-corrected chi connectivity index (χ0v) is 14.7. The van der Waals surface area contributed by atoms with Crippen molar-refractivity contribution in [2.24, 2.45) is 17.8 Å². The van der Waals surface area contributed by atoms with Crippen molar-refractivity contribution in [3.05, 3.63) is 47.9 Å². The summed E-state index contributed by atoms with van der Waals surface area (Å²) < 4.78 is 0. The van der Waals surface area contributed by atoms with Crippen LogP contribution in [-0.2, 0) is 0 Å². The third kappa shape index (κ3) is 1.81. The Hall–Kier alpha value is -1.02. The first kappa shape index (κ1) is 13.6. The lowest BCUT2D eigenvalue weighted by Gasteiger charge is -2.62. The molecule has 21 heavy (non-hydrogen) atoms. The smallest absolute Gasteiger partial charge is 0.0794 e. The van der Waals surface area contributed by atoms with Crippen LogP contribution in [0.25, 0.3) is 0 Å². The second kappa shape index (κ2) is 4.25. The monoisotopic (exact) mass is 297 g/mol. The van der Waals surface area contributed by atoms with Crippen LogP contribution in [0, 0.1) is 17.8 Å². The van der Waals surface area contributed by atoms with Crippen LogP contribution in [0.3, 0.4) is 0 Å². The lowest BCUT2D eigenvalue weighted by atomic mass is 9.56. The van der Waals surface area contributed by atoms with E-state index in [0.29, 0.717) is 12.0 Å². The summed E-state index contributed by atoms with van der Waals surface area (Å²) in [6, 6.07) is 0.567. The molecule has 2 aliphatic carbocycles. The van der Waals surface area contributed by atoms with Gasteiger partial charge in [0.25, 0.3) is 0 Å². The van der Waals surface area contributed by atoms with Gasteiger partial charge in [0.05, 0.1) is 19.7 Å². The molecule has 1 saturated heterocycles. The molecule has 1 fully saturated rings. The Kier molecular flexibility index (Phi) is 2.76. The average molecular weight is 298 g/mol. The summed E-state index contributed by atoms with van der Waals surface area (Å²) in [6.07, 6.45) is 20.0. The molecule has 2 heteroatoms. The van der Waals surface area contributed by atoms with Gasteiger partial charge in [-0.3, -0.25) is 0 Å². The Balaban J connectivity index is 1.78. The zero-order valence-electron chi connectivity index (χ0n) is 13.7. The van der Waals surface area contributed by atoms with Crippen molar-refractivity contribution in [1.82, 2.24) is 4.90 Å². The van der Waals surface area contributed by atoms with E-state index in [1.165, 1.54) is 12.8 Å². The highest BCUT2D eigenvalue weighted by Gasteiger charge is 2.55. The van der Waals surface area contributed by atoms with Gasteiger partial charge in [-0.1, -0.05) is 56.1 Å². The van der Waals surface area contributed by atoms with E-state index < -0.39 is 8.07 Å². The van der Waals surface area contributed by atoms with E-state index in [1.54, 1.807) is 5.20 Å². The van der Waals surface area contributed by atoms with Crippen LogP contribution in [0.5, 0.6) is 0 Å². The van der Waals surface area contributed by atoms with Crippen LogP contribution in [0.1, 0.15) is 19.8 Å². The van der Waals surface area contributed by atoms with Gasteiger partial charge >= 0.3 is 0 Å². The molecule has 4 aliphatic rings. The molecule has 0 aromatic rings. The first-order valence-corrected chi connectivity index (χ1v) is 12.0. The van der Waals surface area contributed by atoms with E-state index in [0.717, 1.165) is 11.8 Å². The molecule has 1 nitrogen and oxygen atoms in total. The zero-order chi connectivity index (χ0) is 14.8. The van der Waals surface area contributed by atoms with Crippen LogP contribution < -0.4 is 0 Å². The summed E-state index contributed by atoms with van der Waals surface area (Å²) in [4.78, 5) is 2.70. The molecule has 0 aromatic heterocycles. The number of rotatable bonds is 1. The molecule has 0 bridgehead atoms. The molecule has 0 spiro atoms. The number of hydrogen-bond acceptors (Lipinski definition) is 1. The molecule has 5 atom stereocenters. The van der Waals surface area contributed by atoms with Crippen molar-refractivity contribution in [1.29, 1.82) is 0 Å². The largest absolute Gasteiger partial charge is 0.361 e. The first-order valence-electron chi connectivity index (χ1n) is 8.46. The third-order valence-corrected chi connectivity index (χ3v) is 8.21. The lowest BCUT2D eigenvalue weighted by Crippen LogP contribution is -2.65. The summed E-state index contributed by atoms with van der Waals surface area (Å²) >= 11 is 0. The molecule has 2 aliphatic heterocycles. The minimum atomic E-state index is -1.25. The highest BCUT2D eigenvalue weighted by atomic mass is 28.3. The molecule has 4 rings (SSSR count). The SMILES string of the molecule is CC12C=CC1C1CCC=CC1C1C=CC([Si](C)(C)C)=CN12. The molecule has 0 saturated carbocycles. The average Bonchev–Trinajstić information content (AvgIpc) is 2.43. The molecule has 0 aromatic carbocycles. The summed E-state index contributed by atoms with van der Waals surface area (Å²) in [5, 5.41) is 1.59. The summed E-state index contributed by atoms with van der Waals surface area (Å²) in [6.45, 7) is 9.81. The van der Waals surface area contributed by atoms with Crippen molar-refractivity contribution in [2.75, 3.05) is 0 Å². The topological polar surface area (TPSA) is 3.24 Å². The van der Waals surface area contributed by atoms with Gasteiger partial charge in [0.1, 0.15) is 0 Å². The van der Waals surface area contributed by atoms with Crippen molar-refractivity contribution in [2.45, 2.75) is 51.0 Å². The number of fused-ring (bicyclic) bond motifs is 6. The molecular formula is C19H27NSi. The summed E-state index contributed by atoms with van der Waals surface area (Å²) in [5.41, 5.74) is 0.257. The molecular weight excluding hydrogens is 270 g/mol. The minimum absolute atomic E-state index is 0.257. The van der Waals surface area contributed by atoms with Gasteiger partial charge in [0.15, 0.2) is 0 Å². The molecule has 0 N–H and O–H groups in total. The fraction of sp³-hybridized carbons (Fsp3) is 0.579. The van der Waals surface area contributed by atoms with Crippen LogP contribution >= 0.6 is 0 Å². The van der Waals surface area contributed by atoms with E-state index in [4.69, 9.17) is 0 Å². The van der Waals surface area contributed by atoms with Crippen molar-refractivity contribution < 1.29 is 0 Å². The maximum absolute atomic E-state index is 2.70. The Bertz CT molecular complexity index is 577. The Labute approximate surface area is 130 Å². The predicted octanol–water partition coefficient (Wildman–Crippen LogP) is 4.53. The molecule has 0 radical (unpaired) electrons. The summed E-state index contributed by atoms with van der Waals surface area (Å²) in [7, 11) is -1.25. The van der Waals surface area contributed by atoms with Gasteiger partial charge in [-0.2, -0.15) is 0 Å². The molecule has 5 unspecified atom stereocenters. The Morgan fingerprint density at radius 2 is 2.00 bits per heavy atom. The number of allylic oxidation sites excluding steroid dienone is 3. The van der Waals surface area contributed by atoms with E-state index >= 15 is 0 Å². The van der Waals surface area contributed by atoms with E-state index in [1.807, 2.05) is 0 Å². The molecule has 0 amide bonds. The third-order valence-electron chi connectivity index (χ3n) is 6.19. The highest BCUT2D eigenvalue weighted by Crippen LogP contribution is 2.54. The minimum Gasteiger partial charge on any atom is -0.361 e. The van der Waals surface area contributed by atoms with Crippen LogP contribution in [0.4, 0.5) is 0 Å². The van der Waals surface area contributed by atoms with Gasteiger partial charge in [0.2, 0.25) is 0 Å². The number of hydrogen-bond donors (Lipinski definition) is 0. The Morgan fingerprint density at radius 1 is 1.19 bits per heavy atom. The second-order valence-electron chi connectivity index (χ2n) is 8.45. The normalized spacial score (nSPS) is 43.6. The van der Waals surface area contributed by atoms with E-state index in [2.05, 4.69) is 74.1 Å². The maximum atomic E-state index is 2.70. The maximum Gasteiger partial charge on any atom is 0.0794 e. The van der Waals surface area contributed by atoms with Gasteiger partial charge in [-0.05, 0) is 37.1 Å².